The van der Waals surface area contributed by atoms with E-state index in [2.05, 4.69) is 5.32 Å². The van der Waals surface area contributed by atoms with Gasteiger partial charge in [-0.15, -0.1) is 0 Å². The number of hydrogen-bond donors (Lipinski definition) is 2. The predicted molar refractivity (Wildman–Crippen MR) is 63.4 cm³/mol. The van der Waals surface area contributed by atoms with E-state index in [1.807, 2.05) is 0 Å². The molecule has 0 spiro atoms. The lowest BCUT2D eigenvalue weighted by Gasteiger charge is -2.07. The van der Waals surface area contributed by atoms with Crippen LogP contribution in [0.5, 0.6) is 0 Å². The van der Waals surface area contributed by atoms with Crippen LogP contribution in [-0.2, 0) is 4.74 Å². The average molecular weight is 244 g/mol. The van der Waals surface area contributed by atoms with Gasteiger partial charge >= 0.3 is 5.97 Å². The standard InChI is InChI=1S/C11H14ClNO3/c1-16-6-2-5-13-8-3-4-9(11(14)15)10(12)7-8/h3-4,7,13H,2,5-6H2,1H3,(H,14,15). The summed E-state index contributed by atoms with van der Waals surface area (Å²) in [5.74, 6) is -1.02. The van der Waals surface area contributed by atoms with E-state index in [-0.39, 0.29) is 10.6 Å². The molecule has 0 aliphatic carbocycles. The summed E-state index contributed by atoms with van der Waals surface area (Å²) in [5, 5.41) is 12.2. The van der Waals surface area contributed by atoms with Crippen molar-refractivity contribution in [2.24, 2.45) is 0 Å². The molecule has 0 amide bonds. The Morgan fingerprint density at radius 3 is 2.88 bits per heavy atom. The number of carbonyl (C=O) groups is 1. The van der Waals surface area contributed by atoms with E-state index >= 15 is 0 Å². The van der Waals surface area contributed by atoms with E-state index in [4.69, 9.17) is 21.4 Å². The number of benzene rings is 1. The van der Waals surface area contributed by atoms with Crippen LogP contribution in [0.4, 0.5) is 5.69 Å². The summed E-state index contributed by atoms with van der Waals surface area (Å²) in [7, 11) is 1.65. The number of rotatable bonds is 6. The maximum absolute atomic E-state index is 10.7. The third-order valence-corrected chi connectivity index (χ3v) is 2.37. The van der Waals surface area contributed by atoms with E-state index in [1.165, 1.54) is 6.07 Å². The van der Waals surface area contributed by atoms with E-state index < -0.39 is 5.97 Å². The summed E-state index contributed by atoms with van der Waals surface area (Å²) in [6.07, 6.45) is 0.884. The van der Waals surface area contributed by atoms with E-state index in [0.29, 0.717) is 6.61 Å². The third kappa shape index (κ3) is 3.72. The number of anilines is 1. The number of nitrogens with one attached hydrogen (secondary N) is 1. The molecule has 0 atom stereocenters. The molecule has 0 aliphatic rings. The highest BCUT2D eigenvalue weighted by Gasteiger charge is 2.08. The summed E-state index contributed by atoms with van der Waals surface area (Å²) in [6, 6.07) is 4.79. The Bertz CT molecular complexity index is 368. The smallest absolute Gasteiger partial charge is 0.337 e. The lowest BCUT2D eigenvalue weighted by atomic mass is 10.2. The van der Waals surface area contributed by atoms with Crippen molar-refractivity contribution in [1.29, 1.82) is 0 Å². The van der Waals surface area contributed by atoms with Crippen molar-refractivity contribution in [3.8, 4) is 0 Å². The fourth-order valence-corrected chi connectivity index (χ4v) is 1.51. The van der Waals surface area contributed by atoms with Crippen LogP contribution in [-0.4, -0.2) is 31.3 Å². The van der Waals surface area contributed by atoms with Crippen molar-refractivity contribution in [3.05, 3.63) is 28.8 Å². The van der Waals surface area contributed by atoms with E-state index in [9.17, 15) is 4.79 Å². The Kier molecular flexibility index (Phi) is 5.08. The van der Waals surface area contributed by atoms with Crippen LogP contribution >= 0.6 is 11.6 Å². The Balaban J connectivity index is 2.56. The highest BCUT2D eigenvalue weighted by Crippen LogP contribution is 2.20. The summed E-state index contributed by atoms with van der Waals surface area (Å²) in [6.45, 7) is 1.45. The van der Waals surface area contributed by atoms with Crippen molar-refractivity contribution < 1.29 is 14.6 Å². The quantitative estimate of drug-likeness (QED) is 0.754. The number of methoxy groups -OCH3 is 1. The van der Waals surface area contributed by atoms with Crippen LogP contribution in [0.15, 0.2) is 18.2 Å². The van der Waals surface area contributed by atoms with Crippen molar-refractivity contribution in [2.45, 2.75) is 6.42 Å². The first-order valence-corrected chi connectivity index (χ1v) is 5.28. The summed E-state index contributed by atoms with van der Waals surface area (Å²) < 4.78 is 4.91. The van der Waals surface area contributed by atoms with Gasteiger partial charge in [0.05, 0.1) is 10.6 Å². The predicted octanol–water partition coefficient (Wildman–Crippen LogP) is 2.49. The minimum atomic E-state index is -1.02. The molecule has 0 aliphatic heterocycles. The fourth-order valence-electron chi connectivity index (χ4n) is 1.25. The van der Waals surface area contributed by atoms with Crippen LogP contribution < -0.4 is 5.32 Å². The maximum atomic E-state index is 10.7. The van der Waals surface area contributed by atoms with Gasteiger partial charge in [-0.05, 0) is 24.6 Å². The molecule has 1 rings (SSSR count). The van der Waals surface area contributed by atoms with Gasteiger partial charge in [-0.3, -0.25) is 0 Å². The van der Waals surface area contributed by atoms with Gasteiger partial charge in [0.15, 0.2) is 0 Å². The zero-order chi connectivity index (χ0) is 12.0. The lowest BCUT2D eigenvalue weighted by molar-refractivity contribution is 0.0697. The van der Waals surface area contributed by atoms with Crippen LogP contribution in [0.1, 0.15) is 16.8 Å². The SMILES string of the molecule is COCCCNc1ccc(C(=O)O)c(Cl)c1. The zero-order valence-electron chi connectivity index (χ0n) is 9.00. The molecule has 0 fully saturated rings. The molecule has 4 nitrogen and oxygen atoms in total. The molecule has 0 aromatic heterocycles. The van der Waals surface area contributed by atoms with Gasteiger partial charge in [0, 0.05) is 25.9 Å². The Morgan fingerprint density at radius 1 is 1.56 bits per heavy atom. The zero-order valence-corrected chi connectivity index (χ0v) is 9.75. The van der Waals surface area contributed by atoms with Crippen LogP contribution in [0, 0.1) is 0 Å². The van der Waals surface area contributed by atoms with Gasteiger partial charge in [-0.25, -0.2) is 4.79 Å². The number of ether oxygens (including phenoxy) is 1. The fraction of sp³-hybridized carbons (Fsp3) is 0.364. The summed E-state index contributed by atoms with van der Waals surface area (Å²) >= 11 is 5.82. The molecule has 2 N–H and O–H groups in total. The number of aromatic carboxylic acids is 1. The van der Waals surface area contributed by atoms with Gasteiger partial charge < -0.3 is 15.2 Å². The monoisotopic (exact) mass is 243 g/mol. The van der Waals surface area contributed by atoms with Gasteiger partial charge in [0.25, 0.3) is 0 Å². The molecule has 0 heterocycles. The summed E-state index contributed by atoms with van der Waals surface area (Å²) in [4.78, 5) is 10.7. The highest BCUT2D eigenvalue weighted by molar-refractivity contribution is 6.33. The molecule has 0 bridgehead atoms. The van der Waals surface area contributed by atoms with Crippen molar-refractivity contribution in [3.63, 3.8) is 0 Å². The molecular weight excluding hydrogens is 230 g/mol. The molecule has 0 radical (unpaired) electrons. The second kappa shape index (κ2) is 6.35. The second-order valence-corrected chi connectivity index (χ2v) is 3.68. The molecule has 16 heavy (non-hydrogen) atoms. The topological polar surface area (TPSA) is 58.6 Å². The van der Waals surface area contributed by atoms with Crippen molar-refractivity contribution in [2.75, 3.05) is 25.6 Å². The van der Waals surface area contributed by atoms with Crippen LogP contribution in [0.3, 0.4) is 0 Å². The minimum absolute atomic E-state index is 0.115. The number of carboxylic acids is 1. The van der Waals surface area contributed by atoms with Crippen LogP contribution in [0.2, 0.25) is 5.02 Å². The third-order valence-electron chi connectivity index (χ3n) is 2.05. The second-order valence-electron chi connectivity index (χ2n) is 3.27. The highest BCUT2D eigenvalue weighted by atomic mass is 35.5. The van der Waals surface area contributed by atoms with Gasteiger partial charge in [-0.2, -0.15) is 0 Å². The van der Waals surface area contributed by atoms with E-state index in [0.717, 1.165) is 18.7 Å². The van der Waals surface area contributed by atoms with Crippen molar-refractivity contribution >= 4 is 23.3 Å². The molecule has 0 unspecified atom stereocenters. The first-order valence-electron chi connectivity index (χ1n) is 4.91. The van der Waals surface area contributed by atoms with Gasteiger partial charge in [0.2, 0.25) is 0 Å². The average Bonchev–Trinajstić information content (AvgIpc) is 2.24. The normalized spacial score (nSPS) is 10.1. The molecule has 0 saturated heterocycles. The molecule has 0 saturated carbocycles. The minimum Gasteiger partial charge on any atom is -0.478 e. The Labute approximate surface area is 99.2 Å². The lowest BCUT2D eigenvalue weighted by Crippen LogP contribution is -2.05. The number of hydrogen-bond acceptors (Lipinski definition) is 3. The molecule has 1 aromatic rings. The Hall–Kier alpha value is -1.26. The summed E-state index contributed by atoms with van der Waals surface area (Å²) in [5.41, 5.74) is 0.926. The molecule has 1 aromatic carbocycles. The molecule has 5 heteroatoms. The molecule has 88 valence electrons. The number of halogens is 1. The van der Waals surface area contributed by atoms with Gasteiger partial charge in [-0.1, -0.05) is 11.6 Å². The number of carboxylic acid groups (broad SMARTS) is 1. The van der Waals surface area contributed by atoms with Gasteiger partial charge in [0.1, 0.15) is 0 Å². The molecular formula is C11H14ClNO3. The first kappa shape index (κ1) is 12.8. The van der Waals surface area contributed by atoms with Crippen LogP contribution in [0.25, 0.3) is 0 Å². The maximum Gasteiger partial charge on any atom is 0.337 e. The Morgan fingerprint density at radius 2 is 2.31 bits per heavy atom. The van der Waals surface area contributed by atoms with Crippen molar-refractivity contribution in [1.82, 2.24) is 0 Å². The largest absolute Gasteiger partial charge is 0.478 e. The van der Waals surface area contributed by atoms with E-state index in [1.54, 1.807) is 19.2 Å². The first-order chi connectivity index (χ1) is 7.65.